The summed E-state index contributed by atoms with van der Waals surface area (Å²) in [5.41, 5.74) is 1.53. The number of nitrogens with zero attached hydrogens (tertiary/aromatic N) is 1. The maximum atomic E-state index is 11.7. The minimum atomic E-state index is -0.301. The SMILES string of the molecule is CCOC(=O)c1cc2cc(OC)ccc2n1C. The van der Waals surface area contributed by atoms with Gasteiger partial charge in [0.2, 0.25) is 0 Å². The Morgan fingerprint density at radius 2 is 2.12 bits per heavy atom. The molecule has 0 aliphatic rings. The lowest BCUT2D eigenvalue weighted by atomic mass is 10.2. The molecule has 0 fully saturated rings. The van der Waals surface area contributed by atoms with E-state index in [1.807, 2.05) is 35.9 Å². The first-order valence-electron chi connectivity index (χ1n) is 5.48. The molecule has 17 heavy (non-hydrogen) atoms. The number of methoxy groups -OCH3 is 1. The van der Waals surface area contributed by atoms with E-state index in [4.69, 9.17) is 9.47 Å². The second-order valence-corrected chi connectivity index (χ2v) is 3.73. The van der Waals surface area contributed by atoms with Crippen molar-refractivity contribution in [2.24, 2.45) is 7.05 Å². The first-order chi connectivity index (χ1) is 8.17. The number of aromatic nitrogens is 1. The number of hydrogen-bond donors (Lipinski definition) is 0. The normalized spacial score (nSPS) is 10.5. The van der Waals surface area contributed by atoms with Crippen molar-refractivity contribution in [3.8, 4) is 5.75 Å². The second kappa shape index (κ2) is 4.49. The van der Waals surface area contributed by atoms with Crippen molar-refractivity contribution in [1.29, 1.82) is 0 Å². The van der Waals surface area contributed by atoms with Crippen molar-refractivity contribution < 1.29 is 14.3 Å². The highest BCUT2D eigenvalue weighted by molar-refractivity contribution is 5.96. The van der Waals surface area contributed by atoms with Gasteiger partial charge in [-0.1, -0.05) is 0 Å². The minimum absolute atomic E-state index is 0.301. The molecule has 1 aromatic heterocycles. The molecular formula is C13H15NO3. The van der Waals surface area contributed by atoms with Crippen LogP contribution in [0.4, 0.5) is 0 Å². The van der Waals surface area contributed by atoms with Gasteiger partial charge in [0, 0.05) is 18.0 Å². The average molecular weight is 233 g/mol. The molecule has 2 aromatic rings. The summed E-state index contributed by atoms with van der Waals surface area (Å²) in [4.78, 5) is 11.7. The number of hydrogen-bond acceptors (Lipinski definition) is 3. The van der Waals surface area contributed by atoms with Crippen LogP contribution in [0, 0.1) is 0 Å². The summed E-state index contributed by atoms with van der Waals surface area (Å²) >= 11 is 0. The number of fused-ring (bicyclic) bond motifs is 1. The van der Waals surface area contributed by atoms with E-state index in [1.165, 1.54) is 0 Å². The van der Waals surface area contributed by atoms with Crippen LogP contribution < -0.4 is 4.74 Å². The van der Waals surface area contributed by atoms with Crippen LogP contribution >= 0.6 is 0 Å². The van der Waals surface area contributed by atoms with E-state index in [1.54, 1.807) is 14.0 Å². The highest BCUT2D eigenvalue weighted by atomic mass is 16.5. The van der Waals surface area contributed by atoms with Gasteiger partial charge in [-0.05, 0) is 31.2 Å². The van der Waals surface area contributed by atoms with E-state index < -0.39 is 0 Å². The monoisotopic (exact) mass is 233 g/mol. The Bertz CT molecular complexity index is 557. The van der Waals surface area contributed by atoms with Crippen LogP contribution in [0.1, 0.15) is 17.4 Å². The Kier molecular flexibility index (Phi) is 3.04. The van der Waals surface area contributed by atoms with Gasteiger partial charge in [-0.3, -0.25) is 0 Å². The lowest BCUT2D eigenvalue weighted by molar-refractivity contribution is 0.0516. The molecule has 0 spiro atoms. The molecule has 0 unspecified atom stereocenters. The zero-order valence-electron chi connectivity index (χ0n) is 10.2. The first kappa shape index (κ1) is 11.5. The minimum Gasteiger partial charge on any atom is -0.497 e. The predicted molar refractivity (Wildman–Crippen MR) is 65.4 cm³/mol. The predicted octanol–water partition coefficient (Wildman–Crippen LogP) is 2.36. The number of esters is 1. The third-order valence-corrected chi connectivity index (χ3v) is 2.73. The molecule has 0 saturated carbocycles. The molecule has 0 saturated heterocycles. The molecule has 0 aliphatic heterocycles. The summed E-state index contributed by atoms with van der Waals surface area (Å²) in [5, 5.41) is 0.968. The standard InChI is InChI=1S/C13H15NO3/c1-4-17-13(15)12-8-9-7-10(16-3)5-6-11(9)14(12)2/h5-8H,4H2,1-3H3. The number of carbonyl (C=O) groups is 1. The van der Waals surface area contributed by atoms with Gasteiger partial charge in [0.1, 0.15) is 11.4 Å². The van der Waals surface area contributed by atoms with E-state index in [0.29, 0.717) is 12.3 Å². The van der Waals surface area contributed by atoms with E-state index in [9.17, 15) is 4.79 Å². The molecule has 2 rings (SSSR count). The van der Waals surface area contributed by atoms with Crippen molar-refractivity contribution in [3.63, 3.8) is 0 Å². The Balaban J connectivity index is 2.52. The summed E-state index contributed by atoms with van der Waals surface area (Å²) in [6.45, 7) is 2.17. The van der Waals surface area contributed by atoms with Crippen LogP contribution in [0.5, 0.6) is 5.75 Å². The lowest BCUT2D eigenvalue weighted by Gasteiger charge is -2.03. The number of ether oxygens (including phenoxy) is 2. The van der Waals surface area contributed by atoms with Crippen molar-refractivity contribution >= 4 is 16.9 Å². The number of carbonyl (C=O) groups excluding carboxylic acids is 1. The average Bonchev–Trinajstić information content (AvgIpc) is 2.66. The fourth-order valence-electron chi connectivity index (χ4n) is 1.86. The zero-order valence-corrected chi connectivity index (χ0v) is 10.2. The van der Waals surface area contributed by atoms with Gasteiger partial charge >= 0.3 is 5.97 Å². The van der Waals surface area contributed by atoms with Gasteiger partial charge < -0.3 is 14.0 Å². The van der Waals surface area contributed by atoms with E-state index in [0.717, 1.165) is 16.7 Å². The molecule has 0 radical (unpaired) electrons. The van der Waals surface area contributed by atoms with Crippen molar-refractivity contribution in [1.82, 2.24) is 4.57 Å². The van der Waals surface area contributed by atoms with Gasteiger partial charge in [-0.2, -0.15) is 0 Å². The topological polar surface area (TPSA) is 40.5 Å². The third-order valence-electron chi connectivity index (χ3n) is 2.73. The van der Waals surface area contributed by atoms with E-state index >= 15 is 0 Å². The smallest absolute Gasteiger partial charge is 0.354 e. The fourth-order valence-corrected chi connectivity index (χ4v) is 1.86. The summed E-state index contributed by atoms with van der Waals surface area (Å²) in [6, 6.07) is 7.52. The lowest BCUT2D eigenvalue weighted by Crippen LogP contribution is -2.09. The molecule has 0 bridgehead atoms. The molecule has 1 aromatic carbocycles. The van der Waals surface area contributed by atoms with Crippen molar-refractivity contribution in [3.05, 3.63) is 30.0 Å². The summed E-state index contributed by atoms with van der Waals surface area (Å²) in [5.74, 6) is 0.476. The van der Waals surface area contributed by atoms with Crippen LogP contribution in [0.15, 0.2) is 24.3 Å². The summed E-state index contributed by atoms with van der Waals surface area (Å²) < 4.78 is 12.0. The molecule has 4 heteroatoms. The summed E-state index contributed by atoms with van der Waals surface area (Å²) in [6.07, 6.45) is 0. The maximum Gasteiger partial charge on any atom is 0.354 e. The molecule has 0 amide bonds. The number of benzene rings is 1. The number of aryl methyl sites for hydroxylation is 1. The third kappa shape index (κ3) is 1.98. The number of rotatable bonds is 3. The molecule has 0 atom stereocenters. The maximum absolute atomic E-state index is 11.7. The van der Waals surface area contributed by atoms with Crippen LogP contribution in [0.25, 0.3) is 10.9 Å². The van der Waals surface area contributed by atoms with Gasteiger partial charge in [0.05, 0.1) is 13.7 Å². The Labute approximate surface area is 99.7 Å². The molecule has 0 aliphatic carbocycles. The zero-order chi connectivity index (χ0) is 12.4. The molecule has 4 nitrogen and oxygen atoms in total. The highest BCUT2D eigenvalue weighted by Crippen LogP contribution is 2.24. The van der Waals surface area contributed by atoms with Gasteiger partial charge in [-0.15, -0.1) is 0 Å². The van der Waals surface area contributed by atoms with Crippen LogP contribution in [-0.4, -0.2) is 24.3 Å². The van der Waals surface area contributed by atoms with E-state index in [2.05, 4.69) is 0 Å². The molecular weight excluding hydrogens is 218 g/mol. The fraction of sp³-hybridized carbons (Fsp3) is 0.308. The van der Waals surface area contributed by atoms with Crippen LogP contribution in [-0.2, 0) is 11.8 Å². The van der Waals surface area contributed by atoms with Crippen molar-refractivity contribution in [2.75, 3.05) is 13.7 Å². The highest BCUT2D eigenvalue weighted by Gasteiger charge is 2.14. The van der Waals surface area contributed by atoms with Crippen LogP contribution in [0.3, 0.4) is 0 Å². The largest absolute Gasteiger partial charge is 0.497 e. The van der Waals surface area contributed by atoms with E-state index in [-0.39, 0.29) is 5.97 Å². The Morgan fingerprint density at radius 3 is 2.76 bits per heavy atom. The quantitative estimate of drug-likeness (QED) is 0.764. The second-order valence-electron chi connectivity index (χ2n) is 3.73. The van der Waals surface area contributed by atoms with Crippen LogP contribution in [0.2, 0.25) is 0 Å². The molecule has 90 valence electrons. The molecule has 1 heterocycles. The first-order valence-corrected chi connectivity index (χ1v) is 5.48. The Hall–Kier alpha value is -1.97. The van der Waals surface area contributed by atoms with Gasteiger partial charge in [-0.25, -0.2) is 4.79 Å². The Morgan fingerprint density at radius 1 is 1.35 bits per heavy atom. The van der Waals surface area contributed by atoms with Gasteiger partial charge in [0.15, 0.2) is 0 Å². The summed E-state index contributed by atoms with van der Waals surface area (Å²) in [7, 11) is 3.47. The molecule has 0 N–H and O–H groups in total. The van der Waals surface area contributed by atoms with Crippen molar-refractivity contribution in [2.45, 2.75) is 6.92 Å². The van der Waals surface area contributed by atoms with Gasteiger partial charge in [0.25, 0.3) is 0 Å².